The van der Waals surface area contributed by atoms with Crippen LogP contribution in [0.1, 0.15) is 11.8 Å². The summed E-state index contributed by atoms with van der Waals surface area (Å²) in [6.45, 7) is -0.431. The van der Waals surface area contributed by atoms with Crippen molar-refractivity contribution in [3.63, 3.8) is 0 Å². The Balaban J connectivity index is 1.21. The first-order valence-electron chi connectivity index (χ1n) is 10.8. The number of anilines is 1. The zero-order valence-corrected chi connectivity index (χ0v) is 19.6. The van der Waals surface area contributed by atoms with Gasteiger partial charge in [-0.1, -0.05) is 0 Å². The van der Waals surface area contributed by atoms with E-state index in [1.807, 2.05) is 0 Å². The molecule has 0 spiro atoms. The third kappa shape index (κ3) is 3.84. The first-order chi connectivity index (χ1) is 17.3. The van der Waals surface area contributed by atoms with Gasteiger partial charge in [-0.2, -0.15) is 0 Å². The van der Waals surface area contributed by atoms with E-state index >= 15 is 0 Å². The summed E-state index contributed by atoms with van der Waals surface area (Å²) in [5, 5.41) is 11.5. The standard InChI is InChI=1S/C21H20N5O9P/c1-30-11-2-3-12-10(4-15(27)33-13(12)5-11)6-31-36(29)32-7-14-18(35-36)17(28)21(34-14)26-9-25-16-19(22)23-8-24-20(16)26/h2-5,8-9,14,17-18,21,28H,6-7H2,1H3,(H2,22,23,24)/t14-,17-,18-,21-,36-/m1/s1. The molecule has 36 heavy (non-hydrogen) atoms. The number of imidazole rings is 1. The Morgan fingerprint density at radius 2 is 2.14 bits per heavy atom. The average molecular weight is 517 g/mol. The maximum absolute atomic E-state index is 13.3. The topological polar surface area (TPSA) is 183 Å². The number of benzene rings is 1. The van der Waals surface area contributed by atoms with Gasteiger partial charge >= 0.3 is 13.4 Å². The van der Waals surface area contributed by atoms with Gasteiger partial charge in [0.15, 0.2) is 17.7 Å². The van der Waals surface area contributed by atoms with Gasteiger partial charge in [-0.3, -0.25) is 18.1 Å². The summed E-state index contributed by atoms with van der Waals surface area (Å²) in [5.41, 5.74) is 6.63. The van der Waals surface area contributed by atoms with Crippen molar-refractivity contribution < 1.29 is 37.1 Å². The molecule has 3 N–H and O–H groups in total. The number of hydrogen-bond donors (Lipinski definition) is 2. The summed E-state index contributed by atoms with van der Waals surface area (Å²) in [7, 11) is -2.63. The van der Waals surface area contributed by atoms with Gasteiger partial charge in [-0.15, -0.1) is 0 Å². The SMILES string of the molecule is COc1ccc2c(CO[P@]3(=O)OC[C@H]4O[C@@H](n5cnc6c(N)ncnc65)[C@H](O)[C@@H]4O3)cc(=O)oc2c1. The molecule has 2 aliphatic rings. The minimum absolute atomic E-state index is 0.159. The fourth-order valence-electron chi connectivity index (χ4n) is 4.29. The van der Waals surface area contributed by atoms with Crippen molar-refractivity contribution >= 4 is 35.8 Å². The number of nitrogens with two attached hydrogens (primary N) is 1. The molecule has 14 nitrogen and oxygen atoms in total. The maximum Gasteiger partial charge on any atom is 0.475 e. The molecule has 3 aromatic heterocycles. The number of nitrogens with zero attached hydrogens (tertiary/aromatic N) is 4. The molecule has 0 radical (unpaired) electrons. The van der Waals surface area contributed by atoms with E-state index in [2.05, 4.69) is 15.0 Å². The molecule has 0 unspecified atom stereocenters. The van der Waals surface area contributed by atoms with Crippen molar-refractivity contribution in [2.75, 3.05) is 19.5 Å². The van der Waals surface area contributed by atoms with Crippen molar-refractivity contribution in [3.05, 3.63) is 52.9 Å². The van der Waals surface area contributed by atoms with Gasteiger partial charge in [0, 0.05) is 17.5 Å². The van der Waals surface area contributed by atoms with E-state index in [4.69, 9.17) is 33.2 Å². The highest BCUT2D eigenvalue weighted by Crippen LogP contribution is 2.57. The van der Waals surface area contributed by atoms with Crippen molar-refractivity contribution in [3.8, 4) is 5.75 Å². The molecule has 15 heteroatoms. The Bertz CT molecular complexity index is 1570. The summed E-state index contributed by atoms with van der Waals surface area (Å²) < 4.78 is 47.5. The number of aliphatic hydroxyl groups excluding tert-OH is 1. The van der Waals surface area contributed by atoms with Crippen LogP contribution in [-0.4, -0.2) is 56.7 Å². The van der Waals surface area contributed by atoms with Crippen LogP contribution in [0.15, 0.2) is 46.1 Å². The quantitative estimate of drug-likeness (QED) is 0.287. The molecule has 2 saturated heterocycles. The number of methoxy groups -OCH3 is 1. The molecule has 0 amide bonds. The number of ether oxygens (including phenoxy) is 2. The molecule has 0 aliphatic carbocycles. The molecule has 5 atom stereocenters. The Labute approximate surface area is 202 Å². The molecular formula is C21H20N5O9P. The maximum atomic E-state index is 13.3. The third-order valence-electron chi connectivity index (χ3n) is 6.03. The minimum atomic E-state index is -4.12. The Morgan fingerprint density at radius 1 is 1.28 bits per heavy atom. The predicted octanol–water partition coefficient (Wildman–Crippen LogP) is 1.52. The Hall–Kier alpha value is -3.39. The second-order valence-electron chi connectivity index (χ2n) is 8.18. The number of rotatable bonds is 5. The van der Waals surface area contributed by atoms with Gasteiger partial charge in [0.05, 0.1) is 26.7 Å². The van der Waals surface area contributed by atoms with Gasteiger partial charge in [0.25, 0.3) is 0 Å². The largest absolute Gasteiger partial charge is 0.497 e. The van der Waals surface area contributed by atoms with Crippen molar-refractivity contribution in [1.29, 1.82) is 0 Å². The van der Waals surface area contributed by atoms with Gasteiger partial charge in [0.2, 0.25) is 0 Å². The monoisotopic (exact) mass is 517 g/mol. The fourth-order valence-corrected chi connectivity index (χ4v) is 5.67. The normalized spacial score (nSPS) is 27.9. The Morgan fingerprint density at radius 3 is 2.97 bits per heavy atom. The summed E-state index contributed by atoms with van der Waals surface area (Å²) in [4.78, 5) is 24.3. The number of hydrogen-bond acceptors (Lipinski definition) is 13. The summed E-state index contributed by atoms with van der Waals surface area (Å²) in [5.74, 6) is 0.688. The van der Waals surface area contributed by atoms with Crippen LogP contribution in [0.3, 0.4) is 0 Å². The first kappa shape index (κ1) is 23.0. The zero-order chi connectivity index (χ0) is 25.0. The Kier molecular flexibility index (Phi) is 5.52. The molecule has 2 aliphatic heterocycles. The third-order valence-corrected chi connectivity index (χ3v) is 7.45. The van der Waals surface area contributed by atoms with Gasteiger partial charge < -0.3 is 24.7 Å². The summed E-state index contributed by atoms with van der Waals surface area (Å²) in [6, 6.07) is 6.17. The second-order valence-corrected chi connectivity index (χ2v) is 9.80. The van der Waals surface area contributed by atoms with Crippen LogP contribution in [0.25, 0.3) is 22.1 Å². The summed E-state index contributed by atoms with van der Waals surface area (Å²) in [6.07, 6.45) is -1.26. The zero-order valence-electron chi connectivity index (χ0n) is 18.7. The number of fused-ring (bicyclic) bond motifs is 3. The lowest BCUT2D eigenvalue weighted by Gasteiger charge is -2.30. The van der Waals surface area contributed by atoms with Crippen LogP contribution in [0, 0.1) is 0 Å². The lowest BCUT2D eigenvalue weighted by Crippen LogP contribution is -2.39. The van der Waals surface area contributed by atoms with Crippen molar-refractivity contribution in [2.24, 2.45) is 0 Å². The van der Waals surface area contributed by atoms with E-state index in [0.29, 0.717) is 27.9 Å². The lowest BCUT2D eigenvalue weighted by atomic mass is 10.1. The molecular weight excluding hydrogens is 497 g/mol. The van der Waals surface area contributed by atoms with E-state index in [-0.39, 0.29) is 24.6 Å². The fraction of sp³-hybridized carbons (Fsp3) is 0.333. The highest BCUT2D eigenvalue weighted by Gasteiger charge is 2.53. The van der Waals surface area contributed by atoms with Gasteiger partial charge in [0.1, 0.15) is 41.5 Å². The number of phosphoric acid groups is 1. The predicted molar refractivity (Wildman–Crippen MR) is 122 cm³/mol. The highest BCUT2D eigenvalue weighted by atomic mass is 31.2. The molecule has 6 rings (SSSR count). The molecule has 188 valence electrons. The molecule has 2 fully saturated rings. The number of nitrogen functional groups attached to an aromatic ring is 1. The van der Waals surface area contributed by atoms with Crippen LogP contribution in [0.2, 0.25) is 0 Å². The first-order valence-corrected chi connectivity index (χ1v) is 12.3. The van der Waals surface area contributed by atoms with Crippen LogP contribution >= 0.6 is 7.82 Å². The van der Waals surface area contributed by atoms with Crippen LogP contribution in [0.5, 0.6) is 5.75 Å². The smallest absolute Gasteiger partial charge is 0.475 e. The second kappa shape index (κ2) is 8.62. The lowest BCUT2D eigenvalue weighted by molar-refractivity contribution is -0.0714. The van der Waals surface area contributed by atoms with Crippen LogP contribution < -0.4 is 16.1 Å². The van der Waals surface area contributed by atoms with E-state index in [9.17, 15) is 14.5 Å². The van der Waals surface area contributed by atoms with Gasteiger partial charge in [-0.05, 0) is 17.7 Å². The van der Waals surface area contributed by atoms with E-state index < -0.39 is 38.0 Å². The number of aliphatic hydroxyl groups is 1. The van der Waals surface area contributed by atoms with E-state index in [1.165, 1.54) is 30.4 Å². The molecule has 5 heterocycles. The highest BCUT2D eigenvalue weighted by molar-refractivity contribution is 7.48. The van der Waals surface area contributed by atoms with Crippen LogP contribution in [-0.2, 0) is 29.5 Å². The number of aromatic nitrogens is 4. The van der Waals surface area contributed by atoms with E-state index in [0.717, 1.165) is 0 Å². The van der Waals surface area contributed by atoms with Crippen molar-refractivity contribution in [1.82, 2.24) is 19.5 Å². The molecule has 1 aromatic carbocycles. The average Bonchev–Trinajstić information content (AvgIpc) is 3.44. The minimum Gasteiger partial charge on any atom is -0.497 e. The summed E-state index contributed by atoms with van der Waals surface area (Å²) >= 11 is 0. The molecule has 4 aromatic rings. The van der Waals surface area contributed by atoms with E-state index in [1.54, 1.807) is 18.2 Å². The van der Waals surface area contributed by atoms with Crippen LogP contribution in [0.4, 0.5) is 5.82 Å². The van der Waals surface area contributed by atoms with Crippen molar-refractivity contribution in [2.45, 2.75) is 31.1 Å². The molecule has 0 bridgehead atoms. The molecule has 0 saturated carbocycles. The number of phosphoric ester groups is 1. The van der Waals surface area contributed by atoms with Gasteiger partial charge in [-0.25, -0.2) is 24.3 Å².